The molecular formula is C21H19ClN4OS. The highest BCUT2D eigenvalue weighted by atomic mass is 35.5. The van der Waals surface area contributed by atoms with Gasteiger partial charge in [0.2, 0.25) is 5.06 Å². The van der Waals surface area contributed by atoms with Crippen LogP contribution in [0.3, 0.4) is 0 Å². The average molecular weight is 411 g/mol. The SMILES string of the molecule is Cc1cc(Oc2snc(-c3ccccc3C)c2C#N)c(Cl)cc1/N=C\N(C)C. The molecule has 0 saturated heterocycles. The number of halogens is 1. The molecule has 0 N–H and O–H groups in total. The smallest absolute Gasteiger partial charge is 0.218 e. The van der Waals surface area contributed by atoms with Crippen LogP contribution in [0.5, 0.6) is 10.8 Å². The van der Waals surface area contributed by atoms with E-state index in [2.05, 4.69) is 15.4 Å². The Labute approximate surface area is 173 Å². The molecule has 7 heteroatoms. The molecule has 0 aliphatic rings. The van der Waals surface area contributed by atoms with Gasteiger partial charge in [0, 0.05) is 31.2 Å². The van der Waals surface area contributed by atoms with E-state index in [1.807, 2.05) is 63.2 Å². The monoisotopic (exact) mass is 410 g/mol. The first kappa shape index (κ1) is 19.9. The van der Waals surface area contributed by atoms with E-state index in [1.165, 1.54) is 0 Å². The number of aryl methyl sites for hydroxylation is 2. The molecule has 0 aliphatic carbocycles. The zero-order chi connectivity index (χ0) is 20.3. The molecule has 0 saturated carbocycles. The van der Waals surface area contributed by atoms with Crippen LogP contribution in [0.2, 0.25) is 5.02 Å². The van der Waals surface area contributed by atoms with E-state index in [-0.39, 0.29) is 0 Å². The summed E-state index contributed by atoms with van der Waals surface area (Å²) in [5.74, 6) is 0.472. The van der Waals surface area contributed by atoms with Crippen molar-refractivity contribution >= 4 is 35.2 Å². The third-order valence-corrected chi connectivity index (χ3v) is 5.08. The summed E-state index contributed by atoms with van der Waals surface area (Å²) in [6.07, 6.45) is 1.71. The topological polar surface area (TPSA) is 61.5 Å². The molecule has 28 heavy (non-hydrogen) atoms. The van der Waals surface area contributed by atoms with Gasteiger partial charge in [0.15, 0.2) is 0 Å². The number of rotatable bonds is 5. The van der Waals surface area contributed by atoms with Crippen LogP contribution in [0.1, 0.15) is 16.7 Å². The summed E-state index contributed by atoms with van der Waals surface area (Å²) in [5, 5.41) is 10.5. The van der Waals surface area contributed by atoms with Gasteiger partial charge in [0.25, 0.3) is 0 Å². The van der Waals surface area contributed by atoms with Crippen LogP contribution < -0.4 is 4.74 Å². The molecule has 1 heterocycles. The maximum absolute atomic E-state index is 9.69. The van der Waals surface area contributed by atoms with Gasteiger partial charge < -0.3 is 9.64 Å². The van der Waals surface area contributed by atoms with E-state index in [9.17, 15) is 5.26 Å². The van der Waals surface area contributed by atoms with Gasteiger partial charge in [-0.05, 0) is 37.1 Å². The van der Waals surface area contributed by atoms with Crippen molar-refractivity contribution < 1.29 is 4.74 Å². The minimum Gasteiger partial charge on any atom is -0.442 e. The summed E-state index contributed by atoms with van der Waals surface area (Å²) >= 11 is 7.54. The Morgan fingerprint density at radius 3 is 2.64 bits per heavy atom. The first-order chi connectivity index (χ1) is 13.4. The third-order valence-electron chi connectivity index (χ3n) is 4.05. The zero-order valence-corrected chi connectivity index (χ0v) is 17.6. The lowest BCUT2D eigenvalue weighted by Crippen LogP contribution is -2.07. The fourth-order valence-corrected chi connectivity index (χ4v) is 3.53. The molecule has 2 aromatic carbocycles. The fourth-order valence-electron chi connectivity index (χ4n) is 2.61. The van der Waals surface area contributed by atoms with E-state index in [0.717, 1.165) is 33.9 Å². The van der Waals surface area contributed by atoms with Gasteiger partial charge in [-0.2, -0.15) is 9.64 Å². The Balaban J connectivity index is 1.96. The van der Waals surface area contributed by atoms with Crippen molar-refractivity contribution in [2.45, 2.75) is 13.8 Å². The molecule has 3 rings (SSSR count). The molecular weight excluding hydrogens is 392 g/mol. The van der Waals surface area contributed by atoms with Gasteiger partial charge in [-0.3, -0.25) is 0 Å². The van der Waals surface area contributed by atoms with E-state index in [4.69, 9.17) is 16.3 Å². The van der Waals surface area contributed by atoms with Gasteiger partial charge in [0.05, 0.1) is 17.0 Å². The summed E-state index contributed by atoms with van der Waals surface area (Å²) in [4.78, 5) is 6.25. The average Bonchev–Trinajstić information content (AvgIpc) is 3.06. The Hall–Kier alpha value is -2.88. The molecule has 0 aliphatic heterocycles. The molecule has 0 spiro atoms. The number of nitriles is 1. The van der Waals surface area contributed by atoms with Crippen LogP contribution in [-0.2, 0) is 0 Å². The Bertz CT molecular complexity index is 1080. The lowest BCUT2D eigenvalue weighted by atomic mass is 10.0. The first-order valence-electron chi connectivity index (χ1n) is 8.55. The van der Waals surface area contributed by atoms with Crippen molar-refractivity contribution in [1.82, 2.24) is 9.27 Å². The van der Waals surface area contributed by atoms with Gasteiger partial charge in [0.1, 0.15) is 23.1 Å². The molecule has 0 radical (unpaired) electrons. The largest absolute Gasteiger partial charge is 0.442 e. The number of benzene rings is 2. The highest BCUT2D eigenvalue weighted by Crippen LogP contribution is 2.41. The molecule has 5 nitrogen and oxygen atoms in total. The number of hydrogen-bond donors (Lipinski definition) is 0. The number of ether oxygens (including phenoxy) is 1. The van der Waals surface area contributed by atoms with Crippen LogP contribution in [0.4, 0.5) is 5.69 Å². The Kier molecular flexibility index (Phi) is 5.98. The molecule has 0 fully saturated rings. The van der Waals surface area contributed by atoms with Crippen molar-refractivity contribution in [3.8, 4) is 28.1 Å². The summed E-state index contributed by atoms with van der Waals surface area (Å²) in [6.45, 7) is 3.92. The van der Waals surface area contributed by atoms with Crippen LogP contribution in [0, 0.1) is 25.2 Å². The highest BCUT2D eigenvalue weighted by molar-refractivity contribution is 7.08. The van der Waals surface area contributed by atoms with Gasteiger partial charge in [-0.15, -0.1) is 0 Å². The first-order valence-corrected chi connectivity index (χ1v) is 9.70. The van der Waals surface area contributed by atoms with Crippen LogP contribution >= 0.6 is 23.1 Å². The second-order valence-corrected chi connectivity index (χ2v) is 7.64. The van der Waals surface area contributed by atoms with Gasteiger partial charge in [-0.1, -0.05) is 35.9 Å². The summed E-state index contributed by atoms with van der Waals surface area (Å²) in [5.41, 5.74) is 4.67. The molecule has 142 valence electrons. The van der Waals surface area contributed by atoms with E-state index in [1.54, 1.807) is 12.4 Å². The van der Waals surface area contributed by atoms with Gasteiger partial charge in [-0.25, -0.2) is 4.99 Å². The standard InChI is InChI=1S/C21H19ClN4OS/c1-13-7-5-6-8-15(13)20-16(11-23)21(28-25-20)27-19-9-14(2)18(10-17(19)22)24-12-26(3)4/h5-10,12H,1-4H3/b24-12-. The summed E-state index contributed by atoms with van der Waals surface area (Å²) in [6, 6.07) is 13.6. The van der Waals surface area contributed by atoms with Crippen LogP contribution in [0.15, 0.2) is 41.4 Å². The lowest BCUT2D eigenvalue weighted by Gasteiger charge is -2.10. The number of nitrogens with zero attached hydrogens (tertiary/aromatic N) is 4. The maximum Gasteiger partial charge on any atom is 0.218 e. The maximum atomic E-state index is 9.69. The van der Waals surface area contributed by atoms with E-state index < -0.39 is 0 Å². The number of aromatic nitrogens is 1. The predicted molar refractivity (Wildman–Crippen MR) is 115 cm³/mol. The molecule has 0 bridgehead atoms. The van der Waals surface area contributed by atoms with Gasteiger partial charge >= 0.3 is 0 Å². The van der Waals surface area contributed by atoms with Crippen LogP contribution in [0.25, 0.3) is 11.3 Å². The fraction of sp³-hybridized carbons (Fsp3) is 0.190. The molecule has 3 aromatic rings. The Morgan fingerprint density at radius 2 is 1.96 bits per heavy atom. The number of aliphatic imine (C=N–C) groups is 1. The minimum absolute atomic E-state index is 0.405. The Morgan fingerprint density at radius 1 is 1.21 bits per heavy atom. The predicted octanol–water partition coefficient (Wildman–Crippen LogP) is 5.97. The molecule has 1 aromatic heterocycles. The summed E-state index contributed by atoms with van der Waals surface area (Å²) < 4.78 is 10.4. The van der Waals surface area contributed by atoms with Crippen molar-refractivity contribution in [1.29, 1.82) is 5.26 Å². The van der Waals surface area contributed by atoms with Crippen molar-refractivity contribution in [2.24, 2.45) is 4.99 Å². The lowest BCUT2D eigenvalue weighted by molar-refractivity contribution is 0.495. The van der Waals surface area contributed by atoms with Crippen molar-refractivity contribution in [2.75, 3.05) is 14.1 Å². The number of hydrogen-bond acceptors (Lipinski definition) is 5. The van der Waals surface area contributed by atoms with Crippen LogP contribution in [-0.4, -0.2) is 29.7 Å². The molecule has 0 unspecified atom stereocenters. The van der Waals surface area contributed by atoms with Crippen molar-refractivity contribution in [3.63, 3.8) is 0 Å². The molecule has 0 amide bonds. The summed E-state index contributed by atoms with van der Waals surface area (Å²) in [7, 11) is 3.80. The minimum atomic E-state index is 0.405. The molecule has 0 atom stereocenters. The van der Waals surface area contributed by atoms with Crippen molar-refractivity contribution in [3.05, 3.63) is 58.1 Å². The highest BCUT2D eigenvalue weighted by Gasteiger charge is 2.19. The quantitative estimate of drug-likeness (QED) is 0.384. The second-order valence-electron chi connectivity index (χ2n) is 6.50. The second kappa shape index (κ2) is 8.42. The third kappa shape index (κ3) is 4.16. The zero-order valence-electron chi connectivity index (χ0n) is 16.0. The van der Waals surface area contributed by atoms with E-state index >= 15 is 0 Å². The van der Waals surface area contributed by atoms with E-state index in [0.29, 0.717) is 27.1 Å². The normalized spacial score (nSPS) is 10.9.